The molecule has 1 unspecified atom stereocenters. The van der Waals surface area contributed by atoms with Crippen LogP contribution >= 0.6 is 0 Å². The van der Waals surface area contributed by atoms with Crippen LogP contribution in [-0.2, 0) is 18.4 Å². The SMILES string of the molecule is CCn1ccnc1CC(O)C1(c2ccccc2)CCCC1. The molecule has 1 aromatic carbocycles. The van der Waals surface area contributed by atoms with Crippen LogP contribution < -0.4 is 0 Å². The third-order valence-corrected chi connectivity index (χ3v) is 5.00. The van der Waals surface area contributed by atoms with Crippen molar-refractivity contribution in [3.63, 3.8) is 0 Å². The lowest BCUT2D eigenvalue weighted by Gasteiger charge is -2.35. The highest BCUT2D eigenvalue weighted by Gasteiger charge is 2.42. The van der Waals surface area contributed by atoms with Crippen LogP contribution in [0.3, 0.4) is 0 Å². The molecule has 1 fully saturated rings. The standard InChI is InChI=1S/C18H24N2O/c1-2-20-13-12-19-17(20)14-16(21)18(10-6-7-11-18)15-8-4-3-5-9-15/h3-5,8-9,12-13,16,21H,2,6-7,10-11,14H2,1H3. The number of aliphatic hydroxyl groups excluding tert-OH is 1. The number of benzene rings is 1. The molecule has 0 amide bonds. The van der Waals surface area contributed by atoms with E-state index >= 15 is 0 Å². The van der Waals surface area contributed by atoms with Gasteiger partial charge in [-0.25, -0.2) is 4.98 Å². The van der Waals surface area contributed by atoms with Crippen molar-refractivity contribution in [3.05, 3.63) is 54.1 Å². The molecule has 112 valence electrons. The molecule has 3 rings (SSSR count). The molecule has 1 aliphatic carbocycles. The smallest absolute Gasteiger partial charge is 0.111 e. The molecule has 1 saturated carbocycles. The number of aliphatic hydroxyl groups is 1. The topological polar surface area (TPSA) is 38.0 Å². The van der Waals surface area contributed by atoms with Crippen LogP contribution in [0.1, 0.15) is 44.0 Å². The molecule has 0 aliphatic heterocycles. The second kappa shape index (κ2) is 6.02. The van der Waals surface area contributed by atoms with Crippen molar-refractivity contribution >= 4 is 0 Å². The van der Waals surface area contributed by atoms with E-state index in [0.29, 0.717) is 6.42 Å². The lowest BCUT2D eigenvalue weighted by atomic mass is 9.73. The lowest BCUT2D eigenvalue weighted by molar-refractivity contribution is 0.0800. The van der Waals surface area contributed by atoms with E-state index in [-0.39, 0.29) is 11.5 Å². The maximum atomic E-state index is 11.0. The number of imidazole rings is 1. The summed E-state index contributed by atoms with van der Waals surface area (Å²) in [6, 6.07) is 10.5. The number of aryl methyl sites for hydroxylation is 1. The summed E-state index contributed by atoms with van der Waals surface area (Å²) in [6.45, 7) is 3.01. The molecule has 1 aliphatic rings. The van der Waals surface area contributed by atoms with Gasteiger partial charge in [-0.2, -0.15) is 0 Å². The summed E-state index contributed by atoms with van der Waals surface area (Å²) in [5.74, 6) is 0.993. The lowest BCUT2D eigenvalue weighted by Crippen LogP contribution is -2.39. The average molecular weight is 284 g/mol. The molecule has 1 aromatic heterocycles. The molecule has 3 nitrogen and oxygen atoms in total. The first-order valence-electron chi connectivity index (χ1n) is 8.00. The van der Waals surface area contributed by atoms with E-state index in [9.17, 15) is 5.11 Å². The minimum atomic E-state index is -0.366. The summed E-state index contributed by atoms with van der Waals surface area (Å²) >= 11 is 0. The molecule has 0 saturated heterocycles. The molecule has 1 N–H and O–H groups in total. The molecule has 3 heteroatoms. The maximum absolute atomic E-state index is 11.0. The normalized spacial score (nSPS) is 18.8. The summed E-state index contributed by atoms with van der Waals surface area (Å²) in [5.41, 5.74) is 1.19. The molecule has 21 heavy (non-hydrogen) atoms. The highest BCUT2D eigenvalue weighted by Crippen LogP contribution is 2.44. The van der Waals surface area contributed by atoms with Gasteiger partial charge in [0.25, 0.3) is 0 Å². The monoisotopic (exact) mass is 284 g/mol. The fraction of sp³-hybridized carbons (Fsp3) is 0.500. The van der Waals surface area contributed by atoms with Gasteiger partial charge >= 0.3 is 0 Å². The Kier molecular flexibility index (Phi) is 4.11. The van der Waals surface area contributed by atoms with Crippen LogP contribution in [0.15, 0.2) is 42.7 Å². The Hall–Kier alpha value is -1.61. The van der Waals surface area contributed by atoms with E-state index in [1.165, 1.54) is 18.4 Å². The van der Waals surface area contributed by atoms with Crippen molar-refractivity contribution in [2.24, 2.45) is 0 Å². The van der Waals surface area contributed by atoms with E-state index in [1.54, 1.807) is 0 Å². The minimum absolute atomic E-state index is 0.0915. The van der Waals surface area contributed by atoms with Gasteiger partial charge in [0.1, 0.15) is 5.82 Å². The number of hydrogen-bond acceptors (Lipinski definition) is 2. The van der Waals surface area contributed by atoms with Crippen LogP contribution in [0.5, 0.6) is 0 Å². The highest BCUT2D eigenvalue weighted by molar-refractivity contribution is 5.29. The van der Waals surface area contributed by atoms with Crippen molar-refractivity contribution in [1.29, 1.82) is 0 Å². The minimum Gasteiger partial charge on any atom is -0.392 e. The quantitative estimate of drug-likeness (QED) is 0.914. The van der Waals surface area contributed by atoms with Gasteiger partial charge in [0, 0.05) is 30.8 Å². The molecule has 0 bridgehead atoms. The van der Waals surface area contributed by atoms with Gasteiger partial charge in [-0.15, -0.1) is 0 Å². The fourth-order valence-electron chi connectivity index (χ4n) is 3.78. The third kappa shape index (κ3) is 2.62. The second-order valence-corrected chi connectivity index (χ2v) is 6.08. The first-order chi connectivity index (χ1) is 10.3. The Morgan fingerprint density at radius 1 is 1.24 bits per heavy atom. The Labute approximate surface area is 126 Å². The summed E-state index contributed by atoms with van der Waals surface area (Å²) in [7, 11) is 0. The summed E-state index contributed by atoms with van der Waals surface area (Å²) in [5, 5.41) is 11.0. The van der Waals surface area contributed by atoms with E-state index < -0.39 is 0 Å². The largest absolute Gasteiger partial charge is 0.392 e. The Morgan fingerprint density at radius 3 is 2.62 bits per heavy atom. The molecule has 0 radical (unpaired) electrons. The van der Waals surface area contributed by atoms with Gasteiger partial charge < -0.3 is 9.67 Å². The summed E-state index contributed by atoms with van der Waals surface area (Å²) < 4.78 is 2.12. The molecule has 0 spiro atoms. The van der Waals surface area contributed by atoms with Crippen LogP contribution in [-0.4, -0.2) is 20.8 Å². The zero-order chi connectivity index (χ0) is 14.7. The van der Waals surface area contributed by atoms with E-state index in [0.717, 1.165) is 25.2 Å². The Bertz CT molecular complexity index is 570. The van der Waals surface area contributed by atoms with Gasteiger partial charge in [-0.05, 0) is 25.3 Å². The number of hydrogen-bond donors (Lipinski definition) is 1. The van der Waals surface area contributed by atoms with Gasteiger partial charge in [0.05, 0.1) is 6.10 Å². The highest BCUT2D eigenvalue weighted by atomic mass is 16.3. The molecular weight excluding hydrogens is 260 g/mol. The summed E-state index contributed by atoms with van der Waals surface area (Å²) in [6.07, 6.45) is 8.64. The number of nitrogens with zero attached hydrogens (tertiary/aromatic N) is 2. The van der Waals surface area contributed by atoms with Gasteiger partial charge in [-0.3, -0.25) is 0 Å². The van der Waals surface area contributed by atoms with E-state index in [1.807, 2.05) is 18.5 Å². The Morgan fingerprint density at radius 2 is 1.95 bits per heavy atom. The van der Waals surface area contributed by atoms with Crippen molar-refractivity contribution in [2.45, 2.75) is 57.1 Å². The van der Waals surface area contributed by atoms with E-state index in [2.05, 4.69) is 40.7 Å². The third-order valence-electron chi connectivity index (χ3n) is 5.00. The summed E-state index contributed by atoms with van der Waals surface area (Å²) in [4.78, 5) is 4.43. The predicted molar refractivity (Wildman–Crippen MR) is 84.2 cm³/mol. The van der Waals surface area contributed by atoms with Crippen molar-refractivity contribution in [2.75, 3.05) is 0 Å². The van der Waals surface area contributed by atoms with Crippen molar-refractivity contribution in [3.8, 4) is 0 Å². The maximum Gasteiger partial charge on any atom is 0.111 e. The van der Waals surface area contributed by atoms with Gasteiger partial charge in [0.2, 0.25) is 0 Å². The van der Waals surface area contributed by atoms with E-state index in [4.69, 9.17) is 0 Å². The number of aromatic nitrogens is 2. The molecular formula is C18H24N2O. The van der Waals surface area contributed by atoms with Gasteiger partial charge in [-0.1, -0.05) is 43.2 Å². The second-order valence-electron chi connectivity index (χ2n) is 6.08. The van der Waals surface area contributed by atoms with Crippen LogP contribution in [0.25, 0.3) is 0 Å². The Balaban J connectivity index is 1.88. The fourth-order valence-corrected chi connectivity index (χ4v) is 3.78. The molecule has 1 heterocycles. The zero-order valence-corrected chi connectivity index (χ0v) is 12.7. The average Bonchev–Trinajstić information content (AvgIpc) is 3.17. The van der Waals surface area contributed by atoms with Crippen LogP contribution in [0.4, 0.5) is 0 Å². The van der Waals surface area contributed by atoms with Crippen molar-refractivity contribution in [1.82, 2.24) is 9.55 Å². The first-order valence-corrected chi connectivity index (χ1v) is 8.00. The predicted octanol–water partition coefficient (Wildman–Crippen LogP) is 3.32. The number of rotatable bonds is 5. The van der Waals surface area contributed by atoms with Crippen LogP contribution in [0.2, 0.25) is 0 Å². The molecule has 1 atom stereocenters. The van der Waals surface area contributed by atoms with Crippen molar-refractivity contribution < 1.29 is 5.11 Å². The first kappa shape index (κ1) is 14.3. The van der Waals surface area contributed by atoms with Crippen LogP contribution in [0, 0.1) is 0 Å². The molecule has 2 aromatic rings. The zero-order valence-electron chi connectivity index (χ0n) is 12.7. The van der Waals surface area contributed by atoms with Gasteiger partial charge in [0.15, 0.2) is 0 Å².